The molecular weight excluding hydrogens is 533 g/mol. The Labute approximate surface area is 223 Å². The molecule has 0 unspecified atom stereocenters. The molecule has 2 heterocycles. The van der Waals surface area contributed by atoms with Crippen LogP contribution in [0.3, 0.4) is 0 Å². The van der Waals surface area contributed by atoms with Gasteiger partial charge in [-0.05, 0) is 47.3 Å². The van der Waals surface area contributed by atoms with Gasteiger partial charge in [-0.25, -0.2) is 12.8 Å². The summed E-state index contributed by atoms with van der Waals surface area (Å²) in [7, 11) is -0.916. The second kappa shape index (κ2) is 10.3. The van der Waals surface area contributed by atoms with E-state index < -0.39 is 15.8 Å². The zero-order valence-corrected chi connectivity index (χ0v) is 21.1. The number of hydrogen-bond donors (Lipinski definition) is 1. The normalized spacial score (nSPS) is 11.3. The molecule has 0 radical (unpaired) electrons. The Kier molecular flexibility index (Phi) is 7.30. The minimum atomic E-state index is -3.99. The van der Waals surface area contributed by atoms with Gasteiger partial charge in [0.15, 0.2) is 5.82 Å². The molecule has 1 N–H and O–H groups in total. The van der Waals surface area contributed by atoms with Gasteiger partial charge in [0.05, 0.1) is 17.7 Å². The molecule has 5 aromatic rings. The lowest BCUT2D eigenvalue weighted by molar-refractivity contribution is 0.416. The highest BCUT2D eigenvalue weighted by Gasteiger charge is 2.21. The molecule has 5 rings (SSSR count). The van der Waals surface area contributed by atoms with Crippen LogP contribution in [0.2, 0.25) is 5.02 Å². The third-order valence-electron chi connectivity index (χ3n) is 5.89. The first-order valence-corrected chi connectivity index (χ1v) is 12.7. The van der Waals surface area contributed by atoms with Gasteiger partial charge in [-0.3, -0.25) is 9.52 Å². The number of benzene rings is 3. The molecule has 0 aliphatic heterocycles. The number of ether oxygens (including phenoxy) is 1. The average molecular weight is 556 g/mol. The van der Waals surface area contributed by atoms with Gasteiger partial charge in [0.2, 0.25) is 0 Å². The quantitative estimate of drug-likeness (QED) is 0.271. The predicted octanol–water partition coefficient (Wildman–Crippen LogP) is 6.10. The Morgan fingerprint density at radius 3 is 2.53 bits per heavy atom. The fourth-order valence-electron chi connectivity index (χ4n) is 4.14. The molecular formula is C27H23ClFN3O5S. The number of nitrogens with one attached hydrogen (secondary N) is 1. The number of methoxy groups -OCH3 is 1. The summed E-state index contributed by atoms with van der Waals surface area (Å²) in [6.07, 6.45) is 1.24. The molecule has 0 saturated heterocycles. The summed E-state index contributed by atoms with van der Waals surface area (Å²) >= 11 is 6.62. The molecule has 0 atom stereocenters. The zero-order valence-electron chi connectivity index (χ0n) is 19.5. The lowest BCUT2D eigenvalue weighted by atomic mass is 9.98. The summed E-state index contributed by atoms with van der Waals surface area (Å²) in [5.41, 5.74) is 1.74. The summed E-state index contributed by atoms with van der Waals surface area (Å²) < 4.78 is 53.6. The van der Waals surface area contributed by atoms with Crippen molar-refractivity contribution in [2.75, 3.05) is 11.8 Å². The van der Waals surface area contributed by atoms with Crippen LogP contribution in [-0.2, 0) is 17.1 Å². The number of fused-ring (bicyclic) bond motifs is 1. The van der Waals surface area contributed by atoms with Crippen LogP contribution in [0.4, 0.5) is 10.2 Å². The highest BCUT2D eigenvalue weighted by Crippen LogP contribution is 2.41. The van der Waals surface area contributed by atoms with Gasteiger partial charge in [-0.15, -0.1) is 0 Å². The van der Waals surface area contributed by atoms with E-state index in [0.717, 1.165) is 0 Å². The maximum atomic E-state index is 13.8. The number of nitrogens with zero attached hydrogens (tertiary/aromatic N) is 2. The lowest BCUT2D eigenvalue weighted by Gasteiger charge is -2.18. The Bertz CT molecular complexity index is 1820. The number of halogens is 2. The Balaban J connectivity index is 0.00000336. The van der Waals surface area contributed by atoms with E-state index in [1.807, 2.05) is 0 Å². The van der Waals surface area contributed by atoms with E-state index in [2.05, 4.69) is 14.4 Å². The van der Waals surface area contributed by atoms with Crippen molar-refractivity contribution in [1.29, 1.82) is 0 Å². The SMILES string of the molecule is C.COc1cc(-c2cccc(F)c2)c(Cl)cc1-c1c2ccc(S(=O)(=O)Nc3ccon3)cc2cc(=O)n1C. The number of anilines is 1. The van der Waals surface area contributed by atoms with Crippen molar-refractivity contribution in [1.82, 2.24) is 9.72 Å². The standard InChI is InChI=1S/C26H19ClFN3O5S.CH4/c1-31-25(32)12-16-11-18(37(33,34)30-24-8-9-36-29-24)6-7-19(16)26(31)21-13-22(27)20(14-23(21)35-2)15-4-3-5-17(28)10-15;/h3-14H,1-2H3,(H,29,30);1H4. The highest BCUT2D eigenvalue weighted by atomic mass is 35.5. The van der Waals surface area contributed by atoms with Gasteiger partial charge in [-0.2, -0.15) is 0 Å². The van der Waals surface area contributed by atoms with Gasteiger partial charge in [0.1, 0.15) is 17.8 Å². The van der Waals surface area contributed by atoms with E-state index >= 15 is 0 Å². The summed E-state index contributed by atoms with van der Waals surface area (Å²) in [6.45, 7) is 0. The number of rotatable bonds is 6. The number of hydrogen-bond acceptors (Lipinski definition) is 6. The maximum Gasteiger partial charge on any atom is 0.263 e. The van der Waals surface area contributed by atoms with Crippen molar-refractivity contribution in [3.05, 3.63) is 94.2 Å². The molecule has 11 heteroatoms. The van der Waals surface area contributed by atoms with Crippen LogP contribution < -0.4 is 15.0 Å². The molecule has 0 amide bonds. The van der Waals surface area contributed by atoms with Gasteiger partial charge >= 0.3 is 0 Å². The Hall–Kier alpha value is -4.15. The summed E-state index contributed by atoms with van der Waals surface area (Å²) in [6, 6.07) is 16.5. The van der Waals surface area contributed by atoms with Crippen molar-refractivity contribution in [2.45, 2.75) is 12.3 Å². The average Bonchev–Trinajstić information content (AvgIpc) is 3.37. The van der Waals surface area contributed by atoms with Crippen molar-refractivity contribution in [3.8, 4) is 28.1 Å². The summed E-state index contributed by atoms with van der Waals surface area (Å²) in [4.78, 5) is 12.9. The van der Waals surface area contributed by atoms with E-state index in [-0.39, 0.29) is 23.7 Å². The first-order chi connectivity index (χ1) is 17.7. The minimum absolute atomic E-state index is 0. The second-order valence-electron chi connectivity index (χ2n) is 8.17. The predicted molar refractivity (Wildman–Crippen MR) is 146 cm³/mol. The fraction of sp³-hybridized carbons (Fsp3) is 0.111. The van der Waals surface area contributed by atoms with E-state index in [1.165, 1.54) is 54.3 Å². The Morgan fingerprint density at radius 2 is 1.84 bits per heavy atom. The van der Waals surface area contributed by atoms with Crippen LogP contribution in [0.25, 0.3) is 33.2 Å². The smallest absolute Gasteiger partial charge is 0.263 e. The summed E-state index contributed by atoms with van der Waals surface area (Å²) in [5.74, 6) is 0.0231. The van der Waals surface area contributed by atoms with Crippen LogP contribution in [0.5, 0.6) is 5.75 Å². The molecule has 0 saturated carbocycles. The van der Waals surface area contributed by atoms with Crippen LogP contribution >= 0.6 is 11.6 Å². The zero-order chi connectivity index (χ0) is 26.3. The molecule has 196 valence electrons. The first kappa shape index (κ1) is 26.9. The number of pyridine rings is 1. The molecule has 3 aromatic carbocycles. The third kappa shape index (κ3) is 4.88. The molecule has 0 spiro atoms. The van der Waals surface area contributed by atoms with E-state index in [0.29, 0.717) is 43.9 Å². The van der Waals surface area contributed by atoms with Crippen molar-refractivity contribution >= 4 is 38.2 Å². The molecule has 0 aliphatic rings. The van der Waals surface area contributed by atoms with Gasteiger partial charge in [-0.1, -0.05) is 42.4 Å². The third-order valence-corrected chi connectivity index (χ3v) is 7.56. The first-order valence-electron chi connectivity index (χ1n) is 10.9. The topological polar surface area (TPSA) is 103 Å². The van der Waals surface area contributed by atoms with Gasteiger partial charge in [0.25, 0.3) is 15.6 Å². The van der Waals surface area contributed by atoms with Crippen LogP contribution in [0.1, 0.15) is 7.43 Å². The van der Waals surface area contributed by atoms with Gasteiger partial charge < -0.3 is 13.8 Å². The Morgan fingerprint density at radius 1 is 1.05 bits per heavy atom. The molecule has 0 fully saturated rings. The van der Waals surface area contributed by atoms with Crippen molar-refractivity contribution in [3.63, 3.8) is 0 Å². The monoisotopic (exact) mass is 555 g/mol. The maximum absolute atomic E-state index is 13.8. The van der Waals surface area contributed by atoms with E-state index in [4.69, 9.17) is 16.3 Å². The highest BCUT2D eigenvalue weighted by molar-refractivity contribution is 7.92. The van der Waals surface area contributed by atoms with Crippen LogP contribution in [0.15, 0.2) is 87.2 Å². The second-order valence-corrected chi connectivity index (χ2v) is 10.3. The van der Waals surface area contributed by atoms with Crippen molar-refractivity contribution < 1.29 is 22.1 Å². The molecule has 38 heavy (non-hydrogen) atoms. The largest absolute Gasteiger partial charge is 0.496 e. The molecule has 2 aromatic heterocycles. The summed E-state index contributed by atoms with van der Waals surface area (Å²) in [5, 5.41) is 4.87. The van der Waals surface area contributed by atoms with E-state index in [9.17, 15) is 17.6 Å². The number of aromatic nitrogens is 2. The van der Waals surface area contributed by atoms with E-state index in [1.54, 1.807) is 37.4 Å². The minimum Gasteiger partial charge on any atom is -0.496 e. The molecule has 8 nitrogen and oxygen atoms in total. The fourth-order valence-corrected chi connectivity index (χ4v) is 5.44. The van der Waals surface area contributed by atoms with Crippen LogP contribution in [0, 0.1) is 5.82 Å². The molecule has 0 bridgehead atoms. The van der Waals surface area contributed by atoms with Gasteiger partial charge in [0, 0.05) is 40.7 Å². The van der Waals surface area contributed by atoms with Crippen molar-refractivity contribution in [2.24, 2.45) is 7.05 Å². The number of sulfonamides is 1. The molecule has 0 aliphatic carbocycles. The van der Waals surface area contributed by atoms with Crippen LogP contribution in [-0.4, -0.2) is 25.3 Å². The lowest BCUT2D eigenvalue weighted by Crippen LogP contribution is -2.18.